The van der Waals surface area contributed by atoms with E-state index in [0.29, 0.717) is 28.3 Å². The van der Waals surface area contributed by atoms with Crippen LogP contribution in [0.15, 0.2) is 47.3 Å². The number of fused-ring (bicyclic) bond motifs is 1. The van der Waals surface area contributed by atoms with Crippen molar-refractivity contribution in [3.63, 3.8) is 0 Å². The van der Waals surface area contributed by atoms with Gasteiger partial charge in [0.15, 0.2) is 0 Å². The standard InChI is InChI=1S/C18H14ClIN2O/c1-2-22-17(10-7-12-5-3-4-6-15(12)19)21-16-9-8-13(20)11-14(16)18(22)23/h3-11H,2H2,1H3. The predicted octanol–water partition coefficient (Wildman–Crippen LogP) is 4.84. The van der Waals surface area contributed by atoms with E-state index < -0.39 is 0 Å². The summed E-state index contributed by atoms with van der Waals surface area (Å²) in [6.45, 7) is 2.51. The Hall–Kier alpha value is -1.66. The Labute approximate surface area is 152 Å². The van der Waals surface area contributed by atoms with Crippen LogP contribution in [0.2, 0.25) is 5.02 Å². The zero-order valence-corrected chi connectivity index (χ0v) is 15.4. The second-order valence-corrected chi connectivity index (χ2v) is 6.69. The lowest BCUT2D eigenvalue weighted by Crippen LogP contribution is -2.23. The maximum atomic E-state index is 12.7. The Bertz CT molecular complexity index is 963. The smallest absolute Gasteiger partial charge is 0.261 e. The van der Waals surface area contributed by atoms with Gasteiger partial charge in [-0.1, -0.05) is 29.8 Å². The Morgan fingerprint density at radius 2 is 2.00 bits per heavy atom. The third-order valence-corrected chi connectivity index (χ3v) is 4.59. The van der Waals surface area contributed by atoms with Crippen molar-refractivity contribution in [3.8, 4) is 0 Å². The summed E-state index contributed by atoms with van der Waals surface area (Å²) in [4.78, 5) is 17.3. The van der Waals surface area contributed by atoms with Gasteiger partial charge in [-0.05, 0) is 71.5 Å². The lowest BCUT2D eigenvalue weighted by atomic mass is 10.2. The quantitative estimate of drug-likeness (QED) is 0.551. The highest BCUT2D eigenvalue weighted by molar-refractivity contribution is 14.1. The first-order valence-electron chi connectivity index (χ1n) is 7.23. The van der Waals surface area contributed by atoms with E-state index in [1.165, 1.54) is 0 Å². The van der Waals surface area contributed by atoms with E-state index in [-0.39, 0.29) is 5.56 Å². The molecule has 1 heterocycles. The van der Waals surface area contributed by atoms with Gasteiger partial charge >= 0.3 is 0 Å². The molecule has 3 aromatic rings. The first kappa shape index (κ1) is 16.2. The van der Waals surface area contributed by atoms with E-state index in [9.17, 15) is 4.79 Å². The lowest BCUT2D eigenvalue weighted by Gasteiger charge is -2.09. The van der Waals surface area contributed by atoms with Gasteiger partial charge in [0.1, 0.15) is 5.82 Å². The summed E-state index contributed by atoms with van der Waals surface area (Å²) in [5.74, 6) is 0.631. The Kier molecular flexibility index (Phi) is 4.82. The molecule has 3 nitrogen and oxygen atoms in total. The molecule has 0 fully saturated rings. The van der Waals surface area contributed by atoms with Crippen LogP contribution >= 0.6 is 34.2 Å². The first-order chi connectivity index (χ1) is 11.1. The number of rotatable bonds is 3. The van der Waals surface area contributed by atoms with Crippen molar-refractivity contribution in [1.82, 2.24) is 9.55 Å². The molecule has 0 atom stereocenters. The SMILES string of the molecule is CCn1c(C=Cc2ccccc2Cl)nc2ccc(I)cc2c1=O. The van der Waals surface area contributed by atoms with Gasteiger partial charge in [0.2, 0.25) is 0 Å². The lowest BCUT2D eigenvalue weighted by molar-refractivity contribution is 0.708. The molecule has 0 saturated heterocycles. The molecule has 23 heavy (non-hydrogen) atoms. The summed E-state index contributed by atoms with van der Waals surface area (Å²) >= 11 is 8.37. The topological polar surface area (TPSA) is 34.9 Å². The molecule has 3 rings (SSSR count). The van der Waals surface area contributed by atoms with Crippen molar-refractivity contribution in [2.45, 2.75) is 13.5 Å². The zero-order valence-electron chi connectivity index (χ0n) is 12.5. The third-order valence-electron chi connectivity index (χ3n) is 3.58. The van der Waals surface area contributed by atoms with E-state index in [2.05, 4.69) is 27.6 Å². The normalized spacial score (nSPS) is 11.4. The second-order valence-electron chi connectivity index (χ2n) is 5.04. The average Bonchev–Trinajstić information content (AvgIpc) is 2.55. The maximum absolute atomic E-state index is 12.7. The number of hydrogen-bond acceptors (Lipinski definition) is 2. The predicted molar refractivity (Wildman–Crippen MR) is 105 cm³/mol. The molecule has 1 aromatic heterocycles. The van der Waals surface area contributed by atoms with Gasteiger partial charge in [-0.3, -0.25) is 9.36 Å². The molecule has 5 heteroatoms. The summed E-state index contributed by atoms with van der Waals surface area (Å²) in [7, 11) is 0. The molecule has 0 saturated carbocycles. The van der Waals surface area contributed by atoms with Crippen LogP contribution in [-0.4, -0.2) is 9.55 Å². The molecular weight excluding hydrogens is 423 g/mol. The maximum Gasteiger partial charge on any atom is 0.261 e. The molecular formula is C18H14ClIN2O. The third kappa shape index (κ3) is 3.33. The van der Waals surface area contributed by atoms with Crippen LogP contribution in [-0.2, 0) is 6.54 Å². The van der Waals surface area contributed by atoms with E-state index in [0.717, 1.165) is 9.13 Å². The average molecular weight is 437 g/mol. The minimum Gasteiger partial charge on any atom is -0.293 e. The number of halogens is 2. The molecule has 0 amide bonds. The van der Waals surface area contributed by atoms with Crippen molar-refractivity contribution in [1.29, 1.82) is 0 Å². The van der Waals surface area contributed by atoms with Crippen LogP contribution in [0.4, 0.5) is 0 Å². The Morgan fingerprint density at radius 1 is 1.22 bits per heavy atom. The van der Waals surface area contributed by atoms with Gasteiger partial charge in [-0.25, -0.2) is 4.98 Å². The van der Waals surface area contributed by atoms with Gasteiger partial charge in [-0.15, -0.1) is 0 Å². The number of aromatic nitrogens is 2. The molecule has 0 aliphatic rings. The van der Waals surface area contributed by atoms with Gasteiger partial charge in [0.05, 0.1) is 10.9 Å². The van der Waals surface area contributed by atoms with E-state index in [1.807, 2.05) is 61.5 Å². The molecule has 0 aliphatic carbocycles. The number of nitrogens with zero attached hydrogens (tertiary/aromatic N) is 2. The van der Waals surface area contributed by atoms with Gasteiger partial charge in [-0.2, -0.15) is 0 Å². The summed E-state index contributed by atoms with van der Waals surface area (Å²) in [5.41, 5.74) is 1.59. The molecule has 0 aliphatic heterocycles. The minimum atomic E-state index is -0.0187. The van der Waals surface area contributed by atoms with Crippen LogP contribution in [0, 0.1) is 3.57 Å². The first-order valence-corrected chi connectivity index (χ1v) is 8.68. The van der Waals surface area contributed by atoms with Crippen LogP contribution in [0.3, 0.4) is 0 Å². The van der Waals surface area contributed by atoms with Gasteiger partial charge < -0.3 is 0 Å². The molecule has 2 aromatic carbocycles. The minimum absolute atomic E-state index is 0.0187. The molecule has 0 spiro atoms. The Balaban J connectivity index is 2.16. The Morgan fingerprint density at radius 3 is 2.74 bits per heavy atom. The largest absolute Gasteiger partial charge is 0.293 e. The molecule has 116 valence electrons. The van der Waals surface area contributed by atoms with Crippen LogP contribution in [0.5, 0.6) is 0 Å². The van der Waals surface area contributed by atoms with Gasteiger partial charge in [0.25, 0.3) is 5.56 Å². The number of hydrogen-bond donors (Lipinski definition) is 0. The van der Waals surface area contributed by atoms with Crippen molar-refractivity contribution in [3.05, 3.63) is 72.8 Å². The monoisotopic (exact) mass is 436 g/mol. The van der Waals surface area contributed by atoms with Crippen molar-refractivity contribution in [2.75, 3.05) is 0 Å². The zero-order chi connectivity index (χ0) is 16.4. The van der Waals surface area contributed by atoms with Gasteiger partial charge in [0, 0.05) is 15.1 Å². The fourth-order valence-corrected chi connectivity index (χ4v) is 3.11. The summed E-state index contributed by atoms with van der Waals surface area (Å²) in [6, 6.07) is 13.3. The van der Waals surface area contributed by atoms with Crippen LogP contribution < -0.4 is 5.56 Å². The van der Waals surface area contributed by atoms with Crippen LogP contribution in [0.25, 0.3) is 23.1 Å². The molecule has 0 unspecified atom stereocenters. The molecule has 0 bridgehead atoms. The molecule has 0 radical (unpaired) electrons. The highest BCUT2D eigenvalue weighted by atomic mass is 127. The van der Waals surface area contributed by atoms with E-state index in [1.54, 1.807) is 4.57 Å². The van der Waals surface area contributed by atoms with Crippen molar-refractivity contribution >= 4 is 57.2 Å². The highest BCUT2D eigenvalue weighted by Gasteiger charge is 2.08. The van der Waals surface area contributed by atoms with E-state index >= 15 is 0 Å². The highest BCUT2D eigenvalue weighted by Crippen LogP contribution is 2.18. The van der Waals surface area contributed by atoms with E-state index in [4.69, 9.17) is 11.6 Å². The summed E-state index contributed by atoms with van der Waals surface area (Å²) in [6.07, 6.45) is 3.72. The fourth-order valence-electron chi connectivity index (χ4n) is 2.42. The summed E-state index contributed by atoms with van der Waals surface area (Å²) in [5, 5.41) is 1.32. The molecule has 0 N–H and O–H groups in total. The van der Waals surface area contributed by atoms with Crippen LogP contribution in [0.1, 0.15) is 18.3 Å². The number of benzene rings is 2. The fraction of sp³-hybridized carbons (Fsp3) is 0.111. The summed E-state index contributed by atoms with van der Waals surface area (Å²) < 4.78 is 2.70. The second kappa shape index (κ2) is 6.84. The van der Waals surface area contributed by atoms with Crippen molar-refractivity contribution < 1.29 is 0 Å². The van der Waals surface area contributed by atoms with Crippen molar-refractivity contribution in [2.24, 2.45) is 0 Å².